The van der Waals surface area contributed by atoms with Crippen molar-refractivity contribution in [3.8, 4) is 0 Å². The summed E-state index contributed by atoms with van der Waals surface area (Å²) in [6.07, 6.45) is 2.43. The van der Waals surface area contributed by atoms with E-state index in [0.29, 0.717) is 6.04 Å². The van der Waals surface area contributed by atoms with E-state index in [2.05, 4.69) is 36.5 Å². The number of benzene rings is 1. The molecule has 0 aromatic heterocycles. The molecule has 0 radical (unpaired) electrons. The Balaban J connectivity index is 1.84. The third-order valence-corrected chi connectivity index (χ3v) is 3.00. The summed E-state index contributed by atoms with van der Waals surface area (Å²) in [5.41, 5.74) is 2.75. The first kappa shape index (κ1) is 10.7. The Hall–Kier alpha value is -0.860. The molecule has 1 atom stereocenters. The van der Waals surface area contributed by atoms with Crippen LogP contribution >= 0.6 is 0 Å². The zero-order valence-corrected chi connectivity index (χ0v) is 9.33. The second kappa shape index (κ2) is 5.29. The summed E-state index contributed by atoms with van der Waals surface area (Å²) in [7, 11) is 0. The molecule has 1 heterocycles. The van der Waals surface area contributed by atoms with Gasteiger partial charge in [0.1, 0.15) is 0 Å². The quantitative estimate of drug-likeness (QED) is 0.817. The number of hydrogen-bond donors (Lipinski definition) is 1. The Morgan fingerprint density at radius 3 is 3.00 bits per heavy atom. The van der Waals surface area contributed by atoms with Gasteiger partial charge in [-0.15, -0.1) is 0 Å². The number of nitrogens with one attached hydrogen (secondary N) is 1. The minimum absolute atomic E-state index is 0.540. The first-order valence-electron chi connectivity index (χ1n) is 5.72. The van der Waals surface area contributed by atoms with Gasteiger partial charge in [0, 0.05) is 19.2 Å². The van der Waals surface area contributed by atoms with Crippen LogP contribution in [0.5, 0.6) is 0 Å². The van der Waals surface area contributed by atoms with E-state index in [1.54, 1.807) is 0 Å². The van der Waals surface area contributed by atoms with Crippen LogP contribution in [-0.2, 0) is 11.3 Å². The average Bonchev–Trinajstić information content (AvgIpc) is 2.29. The number of aryl methyl sites for hydroxylation is 1. The highest BCUT2D eigenvalue weighted by Gasteiger charge is 2.12. The minimum Gasteiger partial charge on any atom is -0.380 e. The van der Waals surface area contributed by atoms with E-state index in [0.717, 1.165) is 19.8 Å². The summed E-state index contributed by atoms with van der Waals surface area (Å²) in [5, 5.41) is 3.55. The summed E-state index contributed by atoms with van der Waals surface area (Å²) in [5.74, 6) is 0. The molecule has 1 fully saturated rings. The molecular weight excluding hydrogens is 186 g/mol. The lowest BCUT2D eigenvalue weighted by atomic mass is 10.1. The van der Waals surface area contributed by atoms with Gasteiger partial charge < -0.3 is 10.1 Å². The fraction of sp³-hybridized carbons (Fsp3) is 0.538. The van der Waals surface area contributed by atoms with Crippen LogP contribution in [-0.4, -0.2) is 19.3 Å². The molecule has 1 aromatic rings. The fourth-order valence-electron chi connectivity index (χ4n) is 1.96. The maximum absolute atomic E-state index is 5.44. The van der Waals surface area contributed by atoms with Crippen molar-refractivity contribution in [2.24, 2.45) is 0 Å². The molecule has 2 heteroatoms. The summed E-state index contributed by atoms with van der Waals surface area (Å²) < 4.78 is 5.44. The van der Waals surface area contributed by atoms with Crippen LogP contribution in [0.25, 0.3) is 0 Å². The van der Waals surface area contributed by atoms with Crippen molar-refractivity contribution < 1.29 is 4.74 Å². The van der Waals surface area contributed by atoms with Gasteiger partial charge in [0.2, 0.25) is 0 Å². The molecule has 0 aliphatic carbocycles. The molecule has 1 aliphatic rings. The summed E-state index contributed by atoms with van der Waals surface area (Å²) in [6, 6.07) is 9.07. The van der Waals surface area contributed by atoms with E-state index in [-0.39, 0.29) is 0 Å². The van der Waals surface area contributed by atoms with E-state index in [9.17, 15) is 0 Å². The average molecular weight is 205 g/mol. The summed E-state index contributed by atoms with van der Waals surface area (Å²) in [4.78, 5) is 0. The minimum atomic E-state index is 0.540. The van der Waals surface area contributed by atoms with Gasteiger partial charge in [-0.3, -0.25) is 0 Å². The second-order valence-electron chi connectivity index (χ2n) is 4.22. The van der Waals surface area contributed by atoms with Crippen molar-refractivity contribution in [2.75, 3.05) is 13.2 Å². The molecule has 1 unspecified atom stereocenters. The zero-order valence-electron chi connectivity index (χ0n) is 9.33. The normalized spacial score (nSPS) is 21.5. The maximum atomic E-state index is 5.44. The van der Waals surface area contributed by atoms with Crippen LogP contribution in [0.1, 0.15) is 24.0 Å². The largest absolute Gasteiger partial charge is 0.380 e. The Labute approximate surface area is 91.6 Å². The van der Waals surface area contributed by atoms with Crippen molar-refractivity contribution >= 4 is 0 Å². The molecule has 2 nitrogen and oxygen atoms in total. The molecule has 82 valence electrons. The van der Waals surface area contributed by atoms with Gasteiger partial charge in [0.25, 0.3) is 0 Å². The van der Waals surface area contributed by atoms with Gasteiger partial charge >= 0.3 is 0 Å². The second-order valence-corrected chi connectivity index (χ2v) is 4.22. The highest BCUT2D eigenvalue weighted by molar-refractivity contribution is 5.25. The molecular formula is C13H19NO. The Morgan fingerprint density at radius 2 is 2.27 bits per heavy atom. The molecule has 0 spiro atoms. The molecule has 2 rings (SSSR count). The number of rotatable bonds is 3. The lowest BCUT2D eigenvalue weighted by Gasteiger charge is -2.23. The predicted molar refractivity (Wildman–Crippen MR) is 61.9 cm³/mol. The molecule has 0 bridgehead atoms. The molecule has 0 amide bonds. The molecule has 0 saturated carbocycles. The van der Waals surface area contributed by atoms with Gasteiger partial charge in [-0.2, -0.15) is 0 Å². The van der Waals surface area contributed by atoms with Crippen LogP contribution in [0, 0.1) is 6.92 Å². The Kier molecular flexibility index (Phi) is 3.75. The zero-order chi connectivity index (χ0) is 10.5. The number of hydrogen-bond acceptors (Lipinski definition) is 2. The molecule has 15 heavy (non-hydrogen) atoms. The standard InChI is InChI=1S/C13H19NO/c1-11-5-2-3-6-12(11)9-14-13-7-4-8-15-10-13/h2-3,5-6,13-14H,4,7-10H2,1H3. The van der Waals surface area contributed by atoms with Crippen LogP contribution < -0.4 is 5.32 Å². The lowest BCUT2D eigenvalue weighted by Crippen LogP contribution is -2.36. The molecule has 1 aromatic carbocycles. The SMILES string of the molecule is Cc1ccccc1CNC1CCCOC1. The molecule has 1 aliphatic heterocycles. The van der Waals surface area contributed by atoms with Crippen LogP contribution in [0.4, 0.5) is 0 Å². The first-order valence-corrected chi connectivity index (χ1v) is 5.72. The third-order valence-electron chi connectivity index (χ3n) is 3.00. The van der Waals surface area contributed by atoms with Crippen molar-refractivity contribution in [2.45, 2.75) is 32.4 Å². The highest BCUT2D eigenvalue weighted by atomic mass is 16.5. The smallest absolute Gasteiger partial charge is 0.0619 e. The summed E-state index contributed by atoms with van der Waals surface area (Å²) in [6.45, 7) is 4.92. The van der Waals surface area contributed by atoms with E-state index in [1.165, 1.54) is 24.0 Å². The molecule has 1 N–H and O–H groups in total. The Bertz CT molecular complexity index is 305. The summed E-state index contributed by atoms with van der Waals surface area (Å²) >= 11 is 0. The first-order chi connectivity index (χ1) is 7.36. The van der Waals surface area contributed by atoms with E-state index in [4.69, 9.17) is 4.74 Å². The van der Waals surface area contributed by atoms with Crippen molar-refractivity contribution in [3.05, 3.63) is 35.4 Å². The topological polar surface area (TPSA) is 21.3 Å². The van der Waals surface area contributed by atoms with E-state index < -0.39 is 0 Å². The number of ether oxygens (including phenoxy) is 1. The van der Waals surface area contributed by atoms with Gasteiger partial charge in [0.05, 0.1) is 6.61 Å². The van der Waals surface area contributed by atoms with Gasteiger partial charge in [0.15, 0.2) is 0 Å². The van der Waals surface area contributed by atoms with Gasteiger partial charge in [-0.25, -0.2) is 0 Å². The van der Waals surface area contributed by atoms with Gasteiger partial charge in [-0.1, -0.05) is 24.3 Å². The Morgan fingerprint density at radius 1 is 1.40 bits per heavy atom. The monoisotopic (exact) mass is 205 g/mol. The van der Waals surface area contributed by atoms with Crippen LogP contribution in [0.15, 0.2) is 24.3 Å². The van der Waals surface area contributed by atoms with Crippen LogP contribution in [0.3, 0.4) is 0 Å². The fourth-order valence-corrected chi connectivity index (χ4v) is 1.96. The van der Waals surface area contributed by atoms with Crippen LogP contribution in [0.2, 0.25) is 0 Å². The maximum Gasteiger partial charge on any atom is 0.0619 e. The van der Waals surface area contributed by atoms with Crippen molar-refractivity contribution in [1.82, 2.24) is 5.32 Å². The van der Waals surface area contributed by atoms with E-state index in [1.807, 2.05) is 0 Å². The lowest BCUT2D eigenvalue weighted by molar-refractivity contribution is 0.0699. The van der Waals surface area contributed by atoms with Gasteiger partial charge in [-0.05, 0) is 30.9 Å². The third kappa shape index (κ3) is 3.05. The molecule has 1 saturated heterocycles. The predicted octanol–water partition coefficient (Wildman–Crippen LogP) is 2.26. The van der Waals surface area contributed by atoms with Crippen molar-refractivity contribution in [3.63, 3.8) is 0 Å². The van der Waals surface area contributed by atoms with E-state index >= 15 is 0 Å². The van der Waals surface area contributed by atoms with Crippen molar-refractivity contribution in [1.29, 1.82) is 0 Å². The highest BCUT2D eigenvalue weighted by Crippen LogP contribution is 2.09.